The number of halogens is 1. The van der Waals surface area contributed by atoms with Crippen LogP contribution in [0.3, 0.4) is 0 Å². The van der Waals surface area contributed by atoms with Crippen molar-refractivity contribution in [1.29, 1.82) is 0 Å². The highest BCUT2D eigenvalue weighted by Crippen LogP contribution is 2.23. The number of hydrogen-bond acceptors (Lipinski definition) is 2. The Morgan fingerprint density at radius 1 is 1.29 bits per heavy atom. The molecule has 0 unspecified atom stereocenters. The summed E-state index contributed by atoms with van der Waals surface area (Å²) in [5, 5.41) is 8.84. The number of nitrogens with zero attached hydrogens (tertiary/aromatic N) is 1. The lowest BCUT2D eigenvalue weighted by atomic mass is 10.0. The second kappa shape index (κ2) is 4.33. The fourth-order valence-corrected chi connectivity index (χ4v) is 1.56. The minimum atomic E-state index is -1.08. The molecule has 0 aliphatic carbocycles. The van der Waals surface area contributed by atoms with Crippen LogP contribution in [0.4, 0.5) is 4.39 Å². The van der Waals surface area contributed by atoms with Gasteiger partial charge in [0.25, 0.3) is 0 Å². The number of carbonyl (C=O) groups is 1. The van der Waals surface area contributed by atoms with Gasteiger partial charge in [-0.15, -0.1) is 0 Å². The Bertz CT molecular complexity index is 581. The first-order valence-electron chi connectivity index (χ1n) is 5.03. The molecule has 1 aromatic carbocycles. The van der Waals surface area contributed by atoms with Gasteiger partial charge in [0.2, 0.25) is 0 Å². The molecule has 0 radical (unpaired) electrons. The third-order valence-electron chi connectivity index (χ3n) is 2.42. The summed E-state index contributed by atoms with van der Waals surface area (Å²) in [6.07, 6.45) is 2.68. The van der Waals surface area contributed by atoms with Gasteiger partial charge in [-0.05, 0) is 24.6 Å². The second-order valence-corrected chi connectivity index (χ2v) is 3.75. The lowest BCUT2D eigenvalue weighted by molar-refractivity contribution is 0.0696. The van der Waals surface area contributed by atoms with Crippen LogP contribution in [0.25, 0.3) is 11.1 Å². The normalized spacial score (nSPS) is 10.2. The molecule has 0 atom stereocenters. The van der Waals surface area contributed by atoms with Crippen molar-refractivity contribution < 1.29 is 14.3 Å². The van der Waals surface area contributed by atoms with Crippen molar-refractivity contribution in [2.24, 2.45) is 0 Å². The van der Waals surface area contributed by atoms with E-state index in [0.29, 0.717) is 11.1 Å². The maximum atomic E-state index is 13.7. The van der Waals surface area contributed by atoms with Crippen molar-refractivity contribution in [3.8, 4) is 11.1 Å². The highest BCUT2D eigenvalue weighted by Gasteiger charge is 2.09. The van der Waals surface area contributed by atoms with E-state index >= 15 is 0 Å². The summed E-state index contributed by atoms with van der Waals surface area (Å²) >= 11 is 0. The molecule has 3 nitrogen and oxygen atoms in total. The van der Waals surface area contributed by atoms with Crippen LogP contribution >= 0.6 is 0 Å². The molecule has 0 amide bonds. The van der Waals surface area contributed by atoms with E-state index in [0.717, 1.165) is 5.56 Å². The molecule has 0 saturated carbocycles. The molecule has 17 heavy (non-hydrogen) atoms. The Morgan fingerprint density at radius 3 is 2.71 bits per heavy atom. The van der Waals surface area contributed by atoms with E-state index in [4.69, 9.17) is 5.11 Å². The first-order chi connectivity index (χ1) is 8.08. The van der Waals surface area contributed by atoms with Gasteiger partial charge in [0.15, 0.2) is 0 Å². The van der Waals surface area contributed by atoms with Crippen molar-refractivity contribution in [1.82, 2.24) is 4.98 Å². The predicted molar refractivity (Wildman–Crippen MR) is 61.3 cm³/mol. The SMILES string of the molecule is Cc1ccc(-c2cncc(C(=O)O)c2)c(F)c1. The quantitative estimate of drug-likeness (QED) is 0.864. The molecule has 1 aromatic heterocycles. The van der Waals surface area contributed by atoms with Gasteiger partial charge in [0.1, 0.15) is 5.82 Å². The van der Waals surface area contributed by atoms with Crippen LogP contribution < -0.4 is 0 Å². The molecular weight excluding hydrogens is 221 g/mol. The van der Waals surface area contributed by atoms with Gasteiger partial charge in [-0.25, -0.2) is 9.18 Å². The first kappa shape index (κ1) is 11.3. The number of rotatable bonds is 2. The Kier molecular flexibility index (Phi) is 2.87. The number of carboxylic acids is 1. The zero-order valence-corrected chi connectivity index (χ0v) is 9.14. The fourth-order valence-electron chi connectivity index (χ4n) is 1.56. The number of aromatic carboxylic acids is 1. The Morgan fingerprint density at radius 2 is 2.06 bits per heavy atom. The zero-order valence-electron chi connectivity index (χ0n) is 9.14. The summed E-state index contributed by atoms with van der Waals surface area (Å²) in [4.78, 5) is 14.6. The Balaban J connectivity index is 2.53. The number of benzene rings is 1. The predicted octanol–water partition coefficient (Wildman–Crippen LogP) is 2.89. The van der Waals surface area contributed by atoms with Gasteiger partial charge >= 0.3 is 5.97 Å². The molecule has 0 aliphatic rings. The van der Waals surface area contributed by atoms with Crippen molar-refractivity contribution >= 4 is 5.97 Å². The Labute approximate surface area is 97.6 Å². The van der Waals surface area contributed by atoms with Crippen LogP contribution in [0.1, 0.15) is 15.9 Å². The lowest BCUT2D eigenvalue weighted by Gasteiger charge is -2.04. The number of aryl methyl sites for hydroxylation is 1. The van der Waals surface area contributed by atoms with E-state index < -0.39 is 5.97 Å². The fraction of sp³-hybridized carbons (Fsp3) is 0.0769. The molecule has 0 spiro atoms. The van der Waals surface area contributed by atoms with E-state index in [1.54, 1.807) is 19.1 Å². The smallest absolute Gasteiger partial charge is 0.337 e. The van der Waals surface area contributed by atoms with Gasteiger partial charge in [-0.1, -0.05) is 12.1 Å². The van der Waals surface area contributed by atoms with Crippen LogP contribution in [-0.2, 0) is 0 Å². The summed E-state index contributed by atoms with van der Waals surface area (Å²) < 4.78 is 13.7. The maximum Gasteiger partial charge on any atom is 0.337 e. The topological polar surface area (TPSA) is 50.2 Å². The molecule has 0 saturated heterocycles. The van der Waals surface area contributed by atoms with Crippen molar-refractivity contribution in [3.05, 3.63) is 53.6 Å². The molecule has 0 aliphatic heterocycles. The minimum absolute atomic E-state index is 0.0440. The first-order valence-corrected chi connectivity index (χ1v) is 5.03. The van der Waals surface area contributed by atoms with Crippen LogP contribution in [0.15, 0.2) is 36.7 Å². The Hall–Kier alpha value is -2.23. The van der Waals surface area contributed by atoms with Gasteiger partial charge < -0.3 is 5.11 Å². The van der Waals surface area contributed by atoms with Crippen molar-refractivity contribution in [2.45, 2.75) is 6.92 Å². The molecule has 86 valence electrons. The highest BCUT2D eigenvalue weighted by atomic mass is 19.1. The summed E-state index contributed by atoms with van der Waals surface area (Å²) in [5.74, 6) is -1.46. The average molecular weight is 231 g/mol. The minimum Gasteiger partial charge on any atom is -0.478 e. The third-order valence-corrected chi connectivity index (χ3v) is 2.42. The van der Waals surface area contributed by atoms with Crippen LogP contribution in [-0.4, -0.2) is 16.1 Å². The van der Waals surface area contributed by atoms with E-state index in [1.807, 2.05) is 0 Å². The van der Waals surface area contributed by atoms with Crippen molar-refractivity contribution in [3.63, 3.8) is 0 Å². The van der Waals surface area contributed by atoms with E-state index in [9.17, 15) is 9.18 Å². The summed E-state index contributed by atoms with van der Waals surface area (Å²) in [7, 11) is 0. The molecule has 0 bridgehead atoms. The van der Waals surface area contributed by atoms with Gasteiger partial charge in [0.05, 0.1) is 5.56 Å². The van der Waals surface area contributed by atoms with Gasteiger partial charge in [-0.2, -0.15) is 0 Å². The molecule has 2 rings (SSSR count). The van der Waals surface area contributed by atoms with Crippen LogP contribution in [0, 0.1) is 12.7 Å². The number of pyridine rings is 1. The zero-order chi connectivity index (χ0) is 12.4. The highest BCUT2D eigenvalue weighted by molar-refractivity contribution is 5.88. The molecule has 0 fully saturated rings. The van der Waals surface area contributed by atoms with Crippen molar-refractivity contribution in [2.75, 3.05) is 0 Å². The molecule has 1 N–H and O–H groups in total. The van der Waals surface area contributed by atoms with E-state index in [-0.39, 0.29) is 11.4 Å². The van der Waals surface area contributed by atoms with Crippen LogP contribution in [0.5, 0.6) is 0 Å². The molecule has 1 heterocycles. The van der Waals surface area contributed by atoms with Crippen LogP contribution in [0.2, 0.25) is 0 Å². The largest absolute Gasteiger partial charge is 0.478 e. The van der Waals surface area contributed by atoms with Gasteiger partial charge in [-0.3, -0.25) is 4.98 Å². The molecule has 2 aromatic rings. The van der Waals surface area contributed by atoms with E-state index in [2.05, 4.69) is 4.98 Å². The second-order valence-electron chi connectivity index (χ2n) is 3.75. The number of hydrogen-bond donors (Lipinski definition) is 1. The summed E-state index contributed by atoms with van der Waals surface area (Å²) in [6, 6.07) is 6.20. The number of carboxylic acid groups (broad SMARTS) is 1. The molecular formula is C13H10FNO2. The lowest BCUT2D eigenvalue weighted by Crippen LogP contribution is -1.97. The maximum absolute atomic E-state index is 13.7. The molecule has 4 heteroatoms. The number of aromatic nitrogens is 1. The third kappa shape index (κ3) is 2.30. The standard InChI is InChI=1S/C13H10FNO2/c1-8-2-3-11(12(14)4-8)9-5-10(13(16)17)7-15-6-9/h2-7H,1H3,(H,16,17). The van der Waals surface area contributed by atoms with E-state index in [1.165, 1.54) is 24.5 Å². The van der Waals surface area contributed by atoms with Gasteiger partial charge in [0, 0.05) is 23.5 Å². The monoisotopic (exact) mass is 231 g/mol. The summed E-state index contributed by atoms with van der Waals surface area (Å²) in [5.41, 5.74) is 1.67. The average Bonchev–Trinajstić information content (AvgIpc) is 2.29. The summed E-state index contributed by atoms with van der Waals surface area (Å²) in [6.45, 7) is 1.79.